The van der Waals surface area contributed by atoms with Crippen LogP contribution in [0.1, 0.15) is 6.92 Å². The van der Waals surface area contributed by atoms with E-state index in [1.165, 1.54) is 18.0 Å². The molecule has 0 bridgehead atoms. The van der Waals surface area contributed by atoms with Gasteiger partial charge in [-0.25, -0.2) is 4.98 Å². The fourth-order valence-corrected chi connectivity index (χ4v) is 2.54. The molecule has 0 fully saturated rings. The van der Waals surface area contributed by atoms with Crippen LogP contribution in [0.25, 0.3) is 0 Å². The van der Waals surface area contributed by atoms with E-state index in [2.05, 4.69) is 4.98 Å². The van der Waals surface area contributed by atoms with E-state index in [-0.39, 0.29) is 16.9 Å². The van der Waals surface area contributed by atoms with Crippen molar-refractivity contribution in [2.24, 2.45) is 0 Å². The highest BCUT2D eigenvalue weighted by molar-refractivity contribution is 8.01. The van der Waals surface area contributed by atoms with Crippen LogP contribution in [0.2, 0.25) is 0 Å². The summed E-state index contributed by atoms with van der Waals surface area (Å²) in [6, 6.07) is 0. The van der Waals surface area contributed by atoms with Gasteiger partial charge in [-0.15, -0.1) is 0 Å². The summed E-state index contributed by atoms with van der Waals surface area (Å²) in [5, 5.41) is 19.1. The minimum atomic E-state index is -0.467. The quantitative estimate of drug-likeness (QED) is 0.473. The number of aliphatic hydroxyl groups is 1. The number of nitro groups is 1. The number of hydrogen-bond donors (Lipinski definition) is 1. The molecule has 1 atom stereocenters. The summed E-state index contributed by atoms with van der Waals surface area (Å²) >= 11 is 2.36. The van der Waals surface area contributed by atoms with Gasteiger partial charge in [0.05, 0.1) is 11.5 Å². The van der Waals surface area contributed by atoms with Crippen molar-refractivity contribution in [3.05, 3.63) is 16.3 Å². The number of nitrogens with zero attached hydrogens (tertiary/aromatic N) is 2. The molecule has 0 saturated carbocycles. The topological polar surface area (TPSA) is 76.3 Å². The molecule has 0 aliphatic rings. The summed E-state index contributed by atoms with van der Waals surface area (Å²) in [7, 11) is 0. The fourth-order valence-electron chi connectivity index (χ4n) is 0.598. The van der Waals surface area contributed by atoms with Crippen LogP contribution in [-0.4, -0.2) is 26.9 Å². The molecule has 0 spiro atoms. The van der Waals surface area contributed by atoms with Crippen molar-refractivity contribution in [1.29, 1.82) is 0 Å². The molecule has 13 heavy (non-hydrogen) atoms. The average molecular weight is 220 g/mol. The molecule has 0 aliphatic heterocycles. The SMILES string of the molecule is CC(CO)Sc1ncc([N+](=O)[O-])s1. The largest absolute Gasteiger partial charge is 0.395 e. The molecule has 0 aliphatic carbocycles. The van der Waals surface area contributed by atoms with Crippen molar-refractivity contribution in [3.8, 4) is 0 Å². The van der Waals surface area contributed by atoms with E-state index in [0.29, 0.717) is 4.34 Å². The molecule has 0 aromatic carbocycles. The number of hydrogen-bond acceptors (Lipinski definition) is 6. The van der Waals surface area contributed by atoms with Crippen molar-refractivity contribution >= 4 is 28.1 Å². The summed E-state index contributed by atoms with van der Waals surface area (Å²) in [6.07, 6.45) is 1.23. The second-order valence-corrected chi connectivity index (χ2v) is 5.03. The molecule has 7 heteroatoms. The zero-order chi connectivity index (χ0) is 9.84. The highest BCUT2D eigenvalue weighted by Crippen LogP contribution is 2.31. The highest BCUT2D eigenvalue weighted by Gasteiger charge is 2.13. The number of thiazole rings is 1. The predicted octanol–water partition coefficient (Wildman–Crippen LogP) is 1.52. The first-order valence-electron chi connectivity index (χ1n) is 3.51. The molecular weight excluding hydrogens is 212 g/mol. The Morgan fingerprint density at radius 2 is 2.62 bits per heavy atom. The van der Waals surface area contributed by atoms with Crippen LogP contribution in [0.5, 0.6) is 0 Å². The maximum Gasteiger partial charge on any atom is 0.344 e. The Kier molecular flexibility index (Phi) is 3.64. The summed E-state index contributed by atoms with van der Waals surface area (Å²) in [6.45, 7) is 1.87. The number of aromatic nitrogens is 1. The van der Waals surface area contributed by atoms with Crippen molar-refractivity contribution in [1.82, 2.24) is 4.98 Å². The van der Waals surface area contributed by atoms with Crippen LogP contribution in [0.3, 0.4) is 0 Å². The molecule has 0 radical (unpaired) electrons. The van der Waals surface area contributed by atoms with Gasteiger partial charge in [-0.1, -0.05) is 18.7 Å². The van der Waals surface area contributed by atoms with Crippen LogP contribution in [0, 0.1) is 10.1 Å². The second-order valence-electron chi connectivity index (χ2n) is 2.33. The Hall–Kier alpha value is -0.660. The van der Waals surface area contributed by atoms with Gasteiger partial charge in [-0.2, -0.15) is 0 Å². The van der Waals surface area contributed by atoms with E-state index in [1.54, 1.807) is 0 Å². The summed E-state index contributed by atoms with van der Waals surface area (Å²) < 4.78 is 0.619. The van der Waals surface area contributed by atoms with Gasteiger partial charge in [0, 0.05) is 5.25 Å². The Labute approximate surface area is 83.0 Å². The van der Waals surface area contributed by atoms with E-state index >= 15 is 0 Å². The molecule has 0 amide bonds. The summed E-state index contributed by atoms with van der Waals surface area (Å²) in [5.74, 6) is 0. The zero-order valence-corrected chi connectivity index (χ0v) is 8.47. The van der Waals surface area contributed by atoms with Gasteiger partial charge < -0.3 is 5.11 Å². The second kappa shape index (κ2) is 4.54. The predicted molar refractivity (Wildman–Crippen MR) is 51.2 cm³/mol. The minimum absolute atomic E-state index is 0.0192. The van der Waals surface area contributed by atoms with Crippen LogP contribution >= 0.6 is 23.1 Å². The Morgan fingerprint density at radius 1 is 1.92 bits per heavy atom. The first-order valence-corrected chi connectivity index (χ1v) is 5.21. The number of thioether (sulfide) groups is 1. The standard InChI is InChI=1S/C6H8N2O3S2/c1-4(3-9)12-6-7-2-5(13-6)8(10)11/h2,4,9H,3H2,1H3. The minimum Gasteiger partial charge on any atom is -0.395 e. The fraction of sp³-hybridized carbons (Fsp3) is 0.500. The van der Waals surface area contributed by atoms with Crippen molar-refractivity contribution in [3.63, 3.8) is 0 Å². The van der Waals surface area contributed by atoms with Crippen LogP contribution < -0.4 is 0 Å². The van der Waals surface area contributed by atoms with E-state index in [9.17, 15) is 10.1 Å². The molecule has 1 heterocycles. The Balaban J connectivity index is 2.64. The van der Waals surface area contributed by atoms with Gasteiger partial charge in [0.1, 0.15) is 6.20 Å². The van der Waals surface area contributed by atoms with Crippen molar-refractivity contribution in [2.45, 2.75) is 16.5 Å². The highest BCUT2D eigenvalue weighted by atomic mass is 32.2. The molecule has 1 rings (SSSR count). The molecule has 72 valence electrons. The number of rotatable bonds is 4. The monoisotopic (exact) mass is 220 g/mol. The van der Waals surface area contributed by atoms with Crippen LogP contribution in [0.15, 0.2) is 10.5 Å². The molecule has 5 nitrogen and oxygen atoms in total. The average Bonchev–Trinajstić information content (AvgIpc) is 2.52. The van der Waals surface area contributed by atoms with Gasteiger partial charge >= 0.3 is 5.00 Å². The lowest BCUT2D eigenvalue weighted by Crippen LogP contribution is -2.00. The third-order valence-electron chi connectivity index (χ3n) is 1.21. The molecule has 1 aromatic rings. The zero-order valence-electron chi connectivity index (χ0n) is 6.84. The van der Waals surface area contributed by atoms with Gasteiger partial charge in [0.25, 0.3) is 0 Å². The van der Waals surface area contributed by atoms with Gasteiger partial charge in [-0.05, 0) is 11.3 Å². The summed E-state index contributed by atoms with van der Waals surface area (Å²) in [4.78, 5) is 13.7. The normalized spacial score (nSPS) is 12.8. The first-order chi connectivity index (χ1) is 6.13. The van der Waals surface area contributed by atoms with E-state index in [1.807, 2.05) is 6.92 Å². The lowest BCUT2D eigenvalue weighted by atomic mass is 10.5. The maximum atomic E-state index is 10.3. The molecule has 1 aromatic heterocycles. The third-order valence-corrected chi connectivity index (χ3v) is 3.35. The van der Waals surface area contributed by atoms with Crippen molar-refractivity contribution in [2.75, 3.05) is 6.61 Å². The first kappa shape index (κ1) is 10.4. The van der Waals surface area contributed by atoms with Gasteiger partial charge in [0.2, 0.25) is 0 Å². The van der Waals surface area contributed by atoms with E-state index in [4.69, 9.17) is 5.11 Å². The smallest absolute Gasteiger partial charge is 0.344 e. The van der Waals surface area contributed by atoms with Crippen LogP contribution in [0.4, 0.5) is 5.00 Å². The molecule has 1 N–H and O–H groups in total. The van der Waals surface area contributed by atoms with E-state index < -0.39 is 4.92 Å². The Bertz CT molecular complexity index is 302. The lowest BCUT2D eigenvalue weighted by molar-refractivity contribution is -0.380. The molecule has 0 saturated heterocycles. The molecular formula is C6H8N2O3S2. The third kappa shape index (κ3) is 2.94. The van der Waals surface area contributed by atoms with Gasteiger partial charge in [-0.3, -0.25) is 10.1 Å². The summed E-state index contributed by atoms with van der Waals surface area (Å²) in [5.41, 5.74) is 0. The number of aliphatic hydroxyl groups excluding tert-OH is 1. The lowest BCUT2D eigenvalue weighted by Gasteiger charge is -2.01. The van der Waals surface area contributed by atoms with Crippen molar-refractivity contribution < 1.29 is 10.0 Å². The van der Waals surface area contributed by atoms with Crippen LogP contribution in [-0.2, 0) is 0 Å². The van der Waals surface area contributed by atoms with Gasteiger partial charge in [0.15, 0.2) is 4.34 Å². The maximum absolute atomic E-state index is 10.3. The molecule has 1 unspecified atom stereocenters. The van der Waals surface area contributed by atoms with E-state index in [0.717, 1.165) is 11.3 Å². The Morgan fingerprint density at radius 3 is 3.08 bits per heavy atom.